The van der Waals surface area contributed by atoms with Crippen LogP contribution in [-0.2, 0) is 11.2 Å². The average molecular weight is 346 g/mol. The van der Waals surface area contributed by atoms with E-state index in [4.69, 9.17) is 9.47 Å². The SMILES string of the molecule is CCCCO[C@@H]1Cc2c(O)cc(O)cc2O[C@H]1c1ccc(O)c(O)c1. The number of fused-ring (bicyclic) bond motifs is 1. The molecule has 0 aliphatic carbocycles. The third-order valence-corrected chi connectivity index (χ3v) is 4.32. The fraction of sp³-hybridized carbons (Fsp3) is 0.368. The monoisotopic (exact) mass is 346 g/mol. The van der Waals surface area contributed by atoms with Gasteiger partial charge in [0.05, 0.1) is 0 Å². The molecule has 0 saturated carbocycles. The van der Waals surface area contributed by atoms with Crippen LogP contribution in [0.5, 0.6) is 28.7 Å². The Morgan fingerprint density at radius 2 is 1.84 bits per heavy atom. The molecule has 0 fully saturated rings. The Kier molecular flexibility index (Phi) is 4.90. The number of benzene rings is 2. The molecule has 2 aromatic carbocycles. The highest BCUT2D eigenvalue weighted by atomic mass is 16.5. The molecule has 2 atom stereocenters. The molecule has 1 aliphatic heterocycles. The van der Waals surface area contributed by atoms with E-state index in [-0.39, 0.29) is 29.1 Å². The van der Waals surface area contributed by atoms with Gasteiger partial charge in [0.25, 0.3) is 0 Å². The third-order valence-electron chi connectivity index (χ3n) is 4.32. The van der Waals surface area contributed by atoms with Crippen LogP contribution in [0.25, 0.3) is 0 Å². The maximum Gasteiger partial charge on any atom is 0.157 e. The normalized spacial score (nSPS) is 19.2. The van der Waals surface area contributed by atoms with Crippen LogP contribution in [0.3, 0.4) is 0 Å². The zero-order chi connectivity index (χ0) is 18.0. The van der Waals surface area contributed by atoms with E-state index in [2.05, 4.69) is 6.92 Å². The molecule has 6 heteroatoms. The number of phenols is 4. The predicted molar refractivity (Wildman–Crippen MR) is 91.3 cm³/mol. The maximum absolute atomic E-state index is 10.1. The number of phenolic OH excluding ortho intramolecular Hbond substituents is 4. The van der Waals surface area contributed by atoms with Gasteiger partial charge in [-0.3, -0.25) is 0 Å². The lowest BCUT2D eigenvalue weighted by Crippen LogP contribution is -2.33. The molecule has 1 aliphatic rings. The van der Waals surface area contributed by atoms with E-state index in [0.29, 0.717) is 29.9 Å². The van der Waals surface area contributed by atoms with Crippen molar-refractivity contribution in [1.29, 1.82) is 0 Å². The Labute approximate surface area is 145 Å². The molecule has 0 unspecified atom stereocenters. The van der Waals surface area contributed by atoms with E-state index < -0.39 is 6.10 Å². The number of ether oxygens (including phenoxy) is 2. The van der Waals surface area contributed by atoms with Crippen molar-refractivity contribution in [2.45, 2.75) is 38.4 Å². The number of rotatable bonds is 5. The number of hydrogen-bond acceptors (Lipinski definition) is 6. The first kappa shape index (κ1) is 17.2. The summed E-state index contributed by atoms with van der Waals surface area (Å²) in [6.07, 6.45) is 1.42. The Bertz CT molecular complexity index is 758. The molecule has 0 saturated heterocycles. The largest absolute Gasteiger partial charge is 0.508 e. The standard InChI is InChI=1S/C19H22O6/c1-2-3-6-24-18-10-13-15(22)8-12(20)9-17(13)25-19(18)11-4-5-14(21)16(23)7-11/h4-5,7-9,18-23H,2-3,6,10H2,1H3/t18-,19+/m1/s1. The first-order chi connectivity index (χ1) is 12.0. The summed E-state index contributed by atoms with van der Waals surface area (Å²) in [6.45, 7) is 2.62. The lowest BCUT2D eigenvalue weighted by atomic mass is 9.93. The highest BCUT2D eigenvalue weighted by Gasteiger charge is 2.34. The predicted octanol–water partition coefficient (Wildman–Crippen LogP) is 3.37. The smallest absolute Gasteiger partial charge is 0.157 e. The number of hydrogen-bond donors (Lipinski definition) is 4. The van der Waals surface area contributed by atoms with E-state index >= 15 is 0 Å². The van der Waals surface area contributed by atoms with Gasteiger partial charge in [-0.05, 0) is 24.1 Å². The Morgan fingerprint density at radius 3 is 2.56 bits per heavy atom. The Balaban J connectivity index is 1.95. The molecule has 6 nitrogen and oxygen atoms in total. The van der Waals surface area contributed by atoms with Crippen LogP contribution >= 0.6 is 0 Å². The van der Waals surface area contributed by atoms with Crippen LogP contribution in [0.15, 0.2) is 30.3 Å². The van der Waals surface area contributed by atoms with Gasteiger partial charge in [0.1, 0.15) is 23.4 Å². The van der Waals surface area contributed by atoms with E-state index in [1.807, 2.05) is 0 Å². The first-order valence-corrected chi connectivity index (χ1v) is 8.34. The summed E-state index contributed by atoms with van der Waals surface area (Å²) in [7, 11) is 0. The Hall–Kier alpha value is -2.60. The molecule has 0 radical (unpaired) electrons. The molecule has 4 N–H and O–H groups in total. The van der Waals surface area contributed by atoms with Gasteiger partial charge in [0, 0.05) is 30.7 Å². The van der Waals surface area contributed by atoms with Gasteiger partial charge in [-0.15, -0.1) is 0 Å². The van der Waals surface area contributed by atoms with Crippen molar-refractivity contribution in [1.82, 2.24) is 0 Å². The summed E-state index contributed by atoms with van der Waals surface area (Å²) in [5, 5.41) is 39.1. The first-order valence-electron chi connectivity index (χ1n) is 8.34. The topological polar surface area (TPSA) is 99.4 Å². The fourth-order valence-corrected chi connectivity index (χ4v) is 2.97. The van der Waals surface area contributed by atoms with Crippen molar-refractivity contribution < 1.29 is 29.9 Å². The lowest BCUT2D eigenvalue weighted by Gasteiger charge is -2.34. The molecule has 0 spiro atoms. The van der Waals surface area contributed by atoms with Gasteiger partial charge in [-0.2, -0.15) is 0 Å². The van der Waals surface area contributed by atoms with Crippen LogP contribution in [0, 0.1) is 0 Å². The van der Waals surface area contributed by atoms with Crippen molar-refractivity contribution in [3.8, 4) is 28.7 Å². The maximum atomic E-state index is 10.1. The second-order valence-corrected chi connectivity index (χ2v) is 6.20. The van der Waals surface area contributed by atoms with E-state index in [9.17, 15) is 20.4 Å². The van der Waals surface area contributed by atoms with Crippen LogP contribution in [0.4, 0.5) is 0 Å². The van der Waals surface area contributed by atoms with Gasteiger partial charge in [0.2, 0.25) is 0 Å². The number of unbranched alkanes of at least 4 members (excludes halogenated alkanes) is 1. The minimum absolute atomic E-state index is 0.0360. The van der Waals surface area contributed by atoms with Gasteiger partial charge in [-0.1, -0.05) is 19.4 Å². The molecule has 0 amide bonds. The van der Waals surface area contributed by atoms with E-state index in [1.165, 1.54) is 24.3 Å². The summed E-state index contributed by atoms with van der Waals surface area (Å²) in [5.74, 6) is -0.193. The molecule has 1 heterocycles. The van der Waals surface area contributed by atoms with Crippen molar-refractivity contribution in [3.63, 3.8) is 0 Å². The zero-order valence-corrected chi connectivity index (χ0v) is 14.0. The highest BCUT2D eigenvalue weighted by Crippen LogP contribution is 2.43. The summed E-state index contributed by atoms with van der Waals surface area (Å²) < 4.78 is 11.9. The molecule has 25 heavy (non-hydrogen) atoms. The summed E-state index contributed by atoms with van der Waals surface area (Å²) in [5.41, 5.74) is 1.23. The van der Waals surface area contributed by atoms with Crippen LogP contribution in [-0.4, -0.2) is 33.1 Å². The fourth-order valence-electron chi connectivity index (χ4n) is 2.97. The summed E-state index contributed by atoms with van der Waals surface area (Å²) in [4.78, 5) is 0. The van der Waals surface area contributed by atoms with E-state index in [1.54, 1.807) is 6.07 Å². The van der Waals surface area contributed by atoms with Crippen molar-refractivity contribution in [2.75, 3.05) is 6.61 Å². The number of aromatic hydroxyl groups is 4. The van der Waals surface area contributed by atoms with Crippen molar-refractivity contribution >= 4 is 0 Å². The third kappa shape index (κ3) is 3.58. The molecule has 134 valence electrons. The molecule has 2 aromatic rings. The van der Waals surface area contributed by atoms with Gasteiger partial charge >= 0.3 is 0 Å². The summed E-state index contributed by atoms with van der Waals surface area (Å²) in [6, 6.07) is 7.21. The molecular weight excluding hydrogens is 324 g/mol. The Morgan fingerprint density at radius 1 is 1.04 bits per heavy atom. The minimum atomic E-state index is -0.531. The molecule has 0 aromatic heterocycles. The van der Waals surface area contributed by atoms with Gasteiger partial charge in [-0.25, -0.2) is 0 Å². The lowest BCUT2D eigenvalue weighted by molar-refractivity contribution is -0.0390. The molecular formula is C19H22O6. The van der Waals surface area contributed by atoms with E-state index in [0.717, 1.165) is 12.8 Å². The van der Waals surface area contributed by atoms with Gasteiger partial charge < -0.3 is 29.9 Å². The quantitative estimate of drug-likeness (QED) is 0.489. The second-order valence-electron chi connectivity index (χ2n) is 6.20. The summed E-state index contributed by atoms with van der Waals surface area (Å²) >= 11 is 0. The van der Waals surface area contributed by atoms with Crippen molar-refractivity contribution in [3.05, 3.63) is 41.5 Å². The zero-order valence-electron chi connectivity index (χ0n) is 14.0. The van der Waals surface area contributed by atoms with Crippen LogP contribution in [0.2, 0.25) is 0 Å². The molecule has 0 bridgehead atoms. The van der Waals surface area contributed by atoms with Crippen LogP contribution in [0.1, 0.15) is 37.0 Å². The molecule has 3 rings (SSSR count). The minimum Gasteiger partial charge on any atom is -0.508 e. The van der Waals surface area contributed by atoms with Crippen LogP contribution < -0.4 is 4.74 Å². The van der Waals surface area contributed by atoms with Gasteiger partial charge in [0.15, 0.2) is 17.6 Å². The average Bonchev–Trinajstić information content (AvgIpc) is 2.57. The highest BCUT2D eigenvalue weighted by molar-refractivity contribution is 5.52. The second kappa shape index (κ2) is 7.11. The van der Waals surface area contributed by atoms with Crippen molar-refractivity contribution in [2.24, 2.45) is 0 Å².